The van der Waals surface area contributed by atoms with E-state index >= 15 is 0 Å². The molecule has 1 aromatic heterocycles. The second kappa shape index (κ2) is 12.7. The highest BCUT2D eigenvalue weighted by molar-refractivity contribution is 6.31. The van der Waals surface area contributed by atoms with E-state index in [2.05, 4.69) is 37.6 Å². The summed E-state index contributed by atoms with van der Waals surface area (Å²) in [7, 11) is 0. The highest BCUT2D eigenvalue weighted by Crippen LogP contribution is 2.24. The van der Waals surface area contributed by atoms with Crippen molar-refractivity contribution in [1.82, 2.24) is 20.1 Å². The van der Waals surface area contributed by atoms with Crippen LogP contribution in [0.3, 0.4) is 0 Å². The molecule has 0 bridgehead atoms. The predicted octanol–water partition coefficient (Wildman–Crippen LogP) is 4.87. The van der Waals surface area contributed by atoms with E-state index in [1.807, 2.05) is 18.3 Å². The number of anilines is 1. The van der Waals surface area contributed by atoms with Crippen LogP contribution in [0.4, 0.5) is 5.69 Å². The summed E-state index contributed by atoms with van der Waals surface area (Å²) >= 11 is 6.09. The van der Waals surface area contributed by atoms with E-state index in [1.165, 1.54) is 90.9 Å². The largest absolute Gasteiger partial charge is 0.384 e. The molecule has 2 N–H and O–H groups in total. The van der Waals surface area contributed by atoms with Crippen molar-refractivity contribution in [1.29, 1.82) is 0 Å². The Balaban J connectivity index is 1.05. The van der Waals surface area contributed by atoms with Crippen LogP contribution in [-0.4, -0.2) is 73.7 Å². The summed E-state index contributed by atoms with van der Waals surface area (Å²) in [6.07, 6.45) is 11.5. The SMILES string of the molecule is Clc1ccc2c(NCCCN3CCN(CCCNCC4CCCCC4)CC3)ccnc2c1. The van der Waals surface area contributed by atoms with Gasteiger partial charge in [-0.15, -0.1) is 0 Å². The Kier molecular flexibility index (Phi) is 9.45. The minimum atomic E-state index is 0.733. The number of fused-ring (bicyclic) bond motifs is 1. The zero-order valence-electron chi connectivity index (χ0n) is 19.5. The lowest BCUT2D eigenvalue weighted by molar-refractivity contribution is 0.131. The van der Waals surface area contributed by atoms with Gasteiger partial charge in [-0.3, -0.25) is 4.98 Å². The second-order valence-corrected chi connectivity index (χ2v) is 9.98. The fourth-order valence-corrected chi connectivity index (χ4v) is 5.33. The molecule has 2 heterocycles. The maximum Gasteiger partial charge on any atom is 0.0737 e. The number of halogens is 1. The number of nitrogens with one attached hydrogen (secondary N) is 2. The summed E-state index contributed by atoms with van der Waals surface area (Å²) in [6.45, 7) is 10.6. The van der Waals surface area contributed by atoms with Gasteiger partial charge in [-0.1, -0.05) is 30.9 Å². The van der Waals surface area contributed by atoms with Crippen molar-refractivity contribution < 1.29 is 0 Å². The number of aromatic nitrogens is 1. The number of hydrogen-bond donors (Lipinski definition) is 2. The first-order chi connectivity index (χ1) is 15.8. The minimum Gasteiger partial charge on any atom is -0.384 e. The third-order valence-electron chi connectivity index (χ3n) is 7.12. The monoisotopic (exact) mass is 457 g/mol. The standard InChI is InChI=1S/C26H40ClN5/c27-23-8-9-24-25(10-13-30-26(24)20-23)29-12-5-15-32-18-16-31(17-19-32)14-4-11-28-21-22-6-2-1-3-7-22/h8-10,13,20,22,28H,1-7,11-12,14-19,21H2,(H,29,30). The molecule has 1 saturated carbocycles. The molecule has 0 atom stereocenters. The van der Waals surface area contributed by atoms with Gasteiger partial charge in [0.2, 0.25) is 0 Å². The summed E-state index contributed by atoms with van der Waals surface area (Å²) in [5.41, 5.74) is 2.09. The minimum absolute atomic E-state index is 0.733. The highest BCUT2D eigenvalue weighted by atomic mass is 35.5. The first-order valence-corrected chi connectivity index (χ1v) is 13.1. The Morgan fingerprint density at radius 3 is 2.38 bits per heavy atom. The molecule has 1 aromatic carbocycles. The third kappa shape index (κ3) is 7.31. The lowest BCUT2D eigenvalue weighted by Gasteiger charge is -2.34. The summed E-state index contributed by atoms with van der Waals surface area (Å²) in [5.74, 6) is 0.942. The van der Waals surface area contributed by atoms with Crippen molar-refractivity contribution >= 4 is 28.2 Å². The molecule has 0 spiro atoms. The van der Waals surface area contributed by atoms with E-state index in [0.29, 0.717) is 0 Å². The van der Waals surface area contributed by atoms with Gasteiger partial charge in [0.1, 0.15) is 0 Å². The van der Waals surface area contributed by atoms with Crippen molar-refractivity contribution in [2.24, 2.45) is 5.92 Å². The zero-order valence-corrected chi connectivity index (χ0v) is 20.3. The van der Waals surface area contributed by atoms with Gasteiger partial charge in [-0.25, -0.2) is 0 Å². The zero-order chi connectivity index (χ0) is 22.0. The van der Waals surface area contributed by atoms with Gasteiger partial charge in [0.15, 0.2) is 0 Å². The van der Waals surface area contributed by atoms with E-state index < -0.39 is 0 Å². The maximum absolute atomic E-state index is 6.09. The van der Waals surface area contributed by atoms with Gasteiger partial charge in [0.05, 0.1) is 5.52 Å². The van der Waals surface area contributed by atoms with Crippen LogP contribution in [0.2, 0.25) is 5.02 Å². The van der Waals surface area contributed by atoms with Crippen molar-refractivity contribution in [3.05, 3.63) is 35.5 Å². The Morgan fingerprint density at radius 1 is 0.906 bits per heavy atom. The van der Waals surface area contributed by atoms with E-state index in [1.54, 1.807) is 0 Å². The molecule has 1 aliphatic heterocycles. The molecule has 0 unspecified atom stereocenters. The molecule has 32 heavy (non-hydrogen) atoms. The second-order valence-electron chi connectivity index (χ2n) is 9.55. The number of pyridine rings is 1. The first-order valence-electron chi connectivity index (χ1n) is 12.7. The van der Waals surface area contributed by atoms with Crippen LogP contribution in [-0.2, 0) is 0 Å². The summed E-state index contributed by atoms with van der Waals surface area (Å²) in [4.78, 5) is 9.68. The van der Waals surface area contributed by atoms with E-state index in [-0.39, 0.29) is 0 Å². The third-order valence-corrected chi connectivity index (χ3v) is 7.36. The molecule has 2 fully saturated rings. The lowest BCUT2D eigenvalue weighted by Crippen LogP contribution is -2.47. The summed E-state index contributed by atoms with van der Waals surface area (Å²) in [5, 5.41) is 9.17. The smallest absolute Gasteiger partial charge is 0.0737 e. The topological polar surface area (TPSA) is 43.4 Å². The molecule has 2 aromatic rings. The van der Waals surface area contributed by atoms with Gasteiger partial charge >= 0.3 is 0 Å². The average Bonchev–Trinajstić information content (AvgIpc) is 2.83. The van der Waals surface area contributed by atoms with Crippen LogP contribution in [0.1, 0.15) is 44.9 Å². The molecule has 1 aliphatic carbocycles. The fraction of sp³-hybridized carbons (Fsp3) is 0.654. The molecule has 0 radical (unpaired) electrons. The van der Waals surface area contributed by atoms with E-state index in [0.717, 1.165) is 40.5 Å². The number of benzene rings is 1. The predicted molar refractivity (Wildman–Crippen MR) is 137 cm³/mol. The first kappa shape index (κ1) is 23.7. The Hall–Kier alpha value is -1.40. The highest BCUT2D eigenvalue weighted by Gasteiger charge is 2.16. The molecule has 176 valence electrons. The van der Waals surface area contributed by atoms with Gasteiger partial charge in [-0.2, -0.15) is 0 Å². The fourth-order valence-electron chi connectivity index (χ4n) is 5.16. The Morgan fingerprint density at radius 2 is 1.62 bits per heavy atom. The van der Waals surface area contributed by atoms with Crippen LogP contribution in [0.15, 0.2) is 30.5 Å². The van der Waals surface area contributed by atoms with Crippen LogP contribution in [0.25, 0.3) is 10.9 Å². The van der Waals surface area contributed by atoms with Crippen LogP contribution >= 0.6 is 11.6 Å². The molecular weight excluding hydrogens is 418 g/mol. The van der Waals surface area contributed by atoms with Gasteiger partial charge < -0.3 is 20.4 Å². The van der Waals surface area contributed by atoms with Gasteiger partial charge in [0.25, 0.3) is 0 Å². The van der Waals surface area contributed by atoms with Crippen molar-refractivity contribution in [3.8, 4) is 0 Å². The molecule has 2 aliphatic rings. The molecule has 0 amide bonds. The molecular formula is C26H40ClN5. The molecule has 4 rings (SSSR count). The Labute approximate surface area is 198 Å². The lowest BCUT2D eigenvalue weighted by atomic mass is 9.89. The number of hydrogen-bond acceptors (Lipinski definition) is 5. The number of rotatable bonds is 11. The Bertz CT molecular complexity index is 815. The van der Waals surface area contributed by atoms with E-state index in [9.17, 15) is 0 Å². The van der Waals surface area contributed by atoms with Crippen molar-refractivity contribution in [3.63, 3.8) is 0 Å². The van der Waals surface area contributed by atoms with Gasteiger partial charge in [0, 0.05) is 55.0 Å². The maximum atomic E-state index is 6.09. The van der Waals surface area contributed by atoms with Crippen LogP contribution in [0, 0.1) is 5.92 Å². The quantitative estimate of drug-likeness (QED) is 0.471. The van der Waals surface area contributed by atoms with Crippen LogP contribution < -0.4 is 10.6 Å². The van der Waals surface area contributed by atoms with Crippen LogP contribution in [0.5, 0.6) is 0 Å². The molecule has 1 saturated heterocycles. The normalized spacial score (nSPS) is 18.9. The molecule has 6 heteroatoms. The summed E-state index contributed by atoms with van der Waals surface area (Å²) < 4.78 is 0. The average molecular weight is 458 g/mol. The number of nitrogens with zero attached hydrogens (tertiary/aromatic N) is 3. The number of piperazine rings is 1. The molecule has 5 nitrogen and oxygen atoms in total. The van der Waals surface area contributed by atoms with Crippen molar-refractivity contribution in [2.45, 2.75) is 44.9 Å². The summed E-state index contributed by atoms with van der Waals surface area (Å²) in [6, 6.07) is 7.97. The van der Waals surface area contributed by atoms with Gasteiger partial charge in [-0.05, 0) is 82.0 Å². The van der Waals surface area contributed by atoms with Crippen molar-refractivity contribution in [2.75, 3.05) is 64.2 Å². The van der Waals surface area contributed by atoms with E-state index in [4.69, 9.17) is 11.6 Å².